The first-order valence-electron chi connectivity index (χ1n) is 6.11. The van der Waals surface area contributed by atoms with Crippen molar-refractivity contribution in [2.45, 2.75) is 37.5 Å². The molecule has 0 amide bonds. The van der Waals surface area contributed by atoms with Gasteiger partial charge < -0.3 is 11.1 Å². The summed E-state index contributed by atoms with van der Waals surface area (Å²) in [5.41, 5.74) is 6.65. The SMILES string of the molecule is CCCCCCNc1ccc(S(N)(=O)=O)c(N)c1. The van der Waals surface area contributed by atoms with Crippen LogP contribution in [0, 0.1) is 0 Å². The normalized spacial score (nSPS) is 11.4. The van der Waals surface area contributed by atoms with Crippen molar-refractivity contribution in [1.29, 1.82) is 0 Å². The van der Waals surface area contributed by atoms with E-state index in [9.17, 15) is 8.42 Å². The lowest BCUT2D eigenvalue weighted by molar-refractivity contribution is 0.598. The zero-order chi connectivity index (χ0) is 13.6. The molecular formula is C12H21N3O2S. The highest BCUT2D eigenvalue weighted by Gasteiger charge is 2.11. The average molecular weight is 271 g/mol. The van der Waals surface area contributed by atoms with Gasteiger partial charge in [0, 0.05) is 12.2 Å². The lowest BCUT2D eigenvalue weighted by Crippen LogP contribution is -2.14. The van der Waals surface area contributed by atoms with Gasteiger partial charge >= 0.3 is 0 Å². The molecule has 0 unspecified atom stereocenters. The van der Waals surface area contributed by atoms with Crippen LogP contribution in [-0.4, -0.2) is 15.0 Å². The van der Waals surface area contributed by atoms with Crippen LogP contribution in [0.15, 0.2) is 23.1 Å². The molecule has 18 heavy (non-hydrogen) atoms. The van der Waals surface area contributed by atoms with Crippen molar-refractivity contribution in [3.63, 3.8) is 0 Å². The summed E-state index contributed by atoms with van der Waals surface area (Å²) in [6, 6.07) is 4.70. The van der Waals surface area contributed by atoms with Gasteiger partial charge in [0.05, 0.1) is 5.69 Å². The Labute approximate surface area is 109 Å². The molecule has 0 radical (unpaired) electrons. The van der Waals surface area contributed by atoms with Crippen LogP contribution in [0.1, 0.15) is 32.6 Å². The summed E-state index contributed by atoms with van der Waals surface area (Å²) in [4.78, 5) is -0.0287. The Morgan fingerprint density at radius 3 is 2.50 bits per heavy atom. The number of nitrogen functional groups attached to an aromatic ring is 1. The fourth-order valence-electron chi connectivity index (χ4n) is 1.70. The maximum atomic E-state index is 11.2. The molecule has 5 nitrogen and oxygen atoms in total. The molecule has 1 rings (SSSR count). The number of primary sulfonamides is 1. The van der Waals surface area contributed by atoms with E-state index in [4.69, 9.17) is 10.9 Å². The Balaban J connectivity index is 2.57. The maximum absolute atomic E-state index is 11.2. The molecule has 5 N–H and O–H groups in total. The number of nitrogens with two attached hydrogens (primary N) is 2. The van der Waals surface area contributed by atoms with Crippen LogP contribution in [0.2, 0.25) is 0 Å². The number of sulfonamides is 1. The molecule has 1 aromatic carbocycles. The third-order valence-electron chi connectivity index (χ3n) is 2.68. The third-order valence-corrected chi connectivity index (χ3v) is 3.66. The van der Waals surface area contributed by atoms with Gasteiger partial charge in [-0.25, -0.2) is 13.6 Å². The van der Waals surface area contributed by atoms with Crippen molar-refractivity contribution in [3.8, 4) is 0 Å². The van der Waals surface area contributed by atoms with E-state index in [-0.39, 0.29) is 10.6 Å². The Hall–Kier alpha value is -1.27. The van der Waals surface area contributed by atoms with Crippen LogP contribution in [0.4, 0.5) is 11.4 Å². The van der Waals surface area contributed by atoms with Crippen molar-refractivity contribution in [3.05, 3.63) is 18.2 Å². The second-order valence-electron chi connectivity index (χ2n) is 4.29. The molecule has 0 aliphatic rings. The standard InChI is InChI=1S/C12H21N3O2S/c1-2-3-4-5-8-15-10-6-7-12(11(13)9-10)18(14,16)17/h6-7,9,15H,2-5,8,13H2,1H3,(H2,14,16,17). The van der Waals surface area contributed by atoms with Crippen LogP contribution in [0.5, 0.6) is 0 Å². The van der Waals surface area contributed by atoms with E-state index < -0.39 is 10.0 Å². The monoisotopic (exact) mass is 271 g/mol. The summed E-state index contributed by atoms with van der Waals surface area (Å²) in [6.07, 6.45) is 4.71. The molecule has 0 aliphatic carbocycles. The first-order chi connectivity index (χ1) is 8.45. The van der Waals surface area contributed by atoms with E-state index >= 15 is 0 Å². The van der Waals surface area contributed by atoms with Gasteiger partial charge in [0.25, 0.3) is 0 Å². The number of nitrogens with one attached hydrogen (secondary N) is 1. The van der Waals surface area contributed by atoms with Crippen molar-refractivity contribution < 1.29 is 8.42 Å². The quantitative estimate of drug-likeness (QED) is 0.521. The number of hydrogen-bond donors (Lipinski definition) is 3. The first kappa shape index (κ1) is 14.8. The Kier molecular flexibility index (Phi) is 5.43. The van der Waals surface area contributed by atoms with Gasteiger partial charge in [-0.05, 0) is 24.6 Å². The van der Waals surface area contributed by atoms with E-state index in [0.29, 0.717) is 0 Å². The van der Waals surface area contributed by atoms with Gasteiger partial charge in [-0.3, -0.25) is 0 Å². The van der Waals surface area contributed by atoms with Gasteiger partial charge in [0.1, 0.15) is 4.90 Å². The van der Waals surface area contributed by atoms with Gasteiger partial charge in [0.15, 0.2) is 0 Å². The van der Waals surface area contributed by atoms with E-state index in [1.165, 1.54) is 25.3 Å². The minimum atomic E-state index is -3.74. The molecule has 0 saturated carbocycles. The van der Waals surface area contributed by atoms with Crippen LogP contribution >= 0.6 is 0 Å². The van der Waals surface area contributed by atoms with Gasteiger partial charge in [-0.15, -0.1) is 0 Å². The smallest absolute Gasteiger partial charge is 0.240 e. The van der Waals surface area contributed by atoms with Gasteiger partial charge in [-0.1, -0.05) is 26.2 Å². The molecule has 0 saturated heterocycles. The number of anilines is 2. The Morgan fingerprint density at radius 2 is 1.94 bits per heavy atom. The zero-order valence-electron chi connectivity index (χ0n) is 10.6. The maximum Gasteiger partial charge on any atom is 0.240 e. The molecule has 0 bridgehead atoms. The van der Waals surface area contributed by atoms with Crippen molar-refractivity contribution >= 4 is 21.4 Å². The molecule has 0 fully saturated rings. The fraction of sp³-hybridized carbons (Fsp3) is 0.500. The lowest BCUT2D eigenvalue weighted by atomic mass is 10.2. The van der Waals surface area contributed by atoms with Crippen LogP contribution < -0.4 is 16.2 Å². The second-order valence-corrected chi connectivity index (χ2v) is 5.81. The fourth-order valence-corrected chi connectivity index (χ4v) is 2.35. The number of hydrogen-bond acceptors (Lipinski definition) is 4. The van der Waals surface area contributed by atoms with Gasteiger partial charge in [0.2, 0.25) is 10.0 Å². The number of unbranched alkanes of at least 4 members (excludes halogenated alkanes) is 3. The minimum absolute atomic E-state index is 0.0287. The molecular weight excluding hydrogens is 250 g/mol. The van der Waals surface area contributed by atoms with E-state index in [1.807, 2.05) is 0 Å². The van der Waals surface area contributed by atoms with Crippen molar-refractivity contribution in [2.24, 2.45) is 5.14 Å². The van der Waals surface area contributed by atoms with Crippen molar-refractivity contribution in [2.75, 3.05) is 17.6 Å². The molecule has 102 valence electrons. The summed E-state index contributed by atoms with van der Waals surface area (Å²) in [5.74, 6) is 0. The van der Waals surface area contributed by atoms with E-state index in [2.05, 4.69) is 12.2 Å². The van der Waals surface area contributed by atoms with Crippen LogP contribution in [0.25, 0.3) is 0 Å². The second kappa shape index (κ2) is 6.61. The summed E-state index contributed by atoms with van der Waals surface area (Å²) < 4.78 is 22.3. The van der Waals surface area contributed by atoms with Crippen LogP contribution in [0.3, 0.4) is 0 Å². The van der Waals surface area contributed by atoms with E-state index in [1.54, 1.807) is 12.1 Å². The molecule has 0 aromatic heterocycles. The molecule has 0 atom stereocenters. The predicted molar refractivity (Wildman–Crippen MR) is 74.9 cm³/mol. The Bertz CT molecular complexity index is 486. The molecule has 0 heterocycles. The highest BCUT2D eigenvalue weighted by Crippen LogP contribution is 2.21. The summed E-state index contributed by atoms with van der Waals surface area (Å²) in [7, 11) is -3.74. The Morgan fingerprint density at radius 1 is 1.22 bits per heavy atom. The summed E-state index contributed by atoms with van der Waals surface area (Å²) >= 11 is 0. The minimum Gasteiger partial charge on any atom is -0.398 e. The van der Waals surface area contributed by atoms with Gasteiger partial charge in [-0.2, -0.15) is 0 Å². The molecule has 0 aliphatic heterocycles. The molecule has 1 aromatic rings. The topological polar surface area (TPSA) is 98.2 Å². The largest absolute Gasteiger partial charge is 0.398 e. The molecule has 0 spiro atoms. The predicted octanol–water partition coefficient (Wildman–Crippen LogP) is 1.91. The third kappa shape index (κ3) is 4.54. The average Bonchev–Trinajstić information content (AvgIpc) is 2.27. The summed E-state index contributed by atoms with van der Waals surface area (Å²) in [6.45, 7) is 3.02. The van der Waals surface area contributed by atoms with E-state index in [0.717, 1.165) is 18.7 Å². The first-order valence-corrected chi connectivity index (χ1v) is 7.66. The highest BCUT2D eigenvalue weighted by atomic mass is 32.2. The van der Waals surface area contributed by atoms with Crippen molar-refractivity contribution in [1.82, 2.24) is 0 Å². The van der Waals surface area contributed by atoms with Crippen LogP contribution in [-0.2, 0) is 10.0 Å². The zero-order valence-corrected chi connectivity index (χ0v) is 11.5. The lowest BCUT2D eigenvalue weighted by Gasteiger charge is -2.09. The highest BCUT2D eigenvalue weighted by molar-refractivity contribution is 7.89. The number of rotatable bonds is 7. The number of benzene rings is 1. The summed E-state index contributed by atoms with van der Waals surface area (Å²) in [5, 5.41) is 8.24. The molecule has 6 heteroatoms.